The van der Waals surface area contributed by atoms with Crippen LogP contribution in [0.4, 0.5) is 0 Å². The number of hydrogen-bond acceptors (Lipinski definition) is 3. The van der Waals surface area contributed by atoms with Crippen LogP contribution in [0.25, 0.3) is 0 Å². The van der Waals surface area contributed by atoms with E-state index in [0.29, 0.717) is 11.8 Å². The lowest BCUT2D eigenvalue weighted by Crippen LogP contribution is -2.44. The summed E-state index contributed by atoms with van der Waals surface area (Å²) in [6.45, 7) is 5.81. The molecular weight excluding hydrogens is 206 g/mol. The molecule has 92 valence electrons. The summed E-state index contributed by atoms with van der Waals surface area (Å²) in [5.41, 5.74) is 10.6. The first-order valence-electron chi connectivity index (χ1n) is 5.74. The highest BCUT2D eigenvalue weighted by Gasteiger charge is 2.30. The average molecular weight is 227 g/mol. The van der Waals surface area contributed by atoms with Gasteiger partial charge in [0.1, 0.15) is 0 Å². The minimum atomic E-state index is -0.775. The fourth-order valence-electron chi connectivity index (χ4n) is 2.07. The smallest absolute Gasteiger partial charge is 0.240 e. The van der Waals surface area contributed by atoms with E-state index < -0.39 is 11.9 Å². The number of nitrogens with two attached hydrogens (primary N) is 2. The van der Waals surface area contributed by atoms with Crippen molar-refractivity contribution in [3.8, 4) is 0 Å². The molecule has 2 atom stereocenters. The number of hydrogen-bond donors (Lipinski definition) is 2. The summed E-state index contributed by atoms with van der Waals surface area (Å²) in [6, 6.07) is -0.775. The molecule has 4 N–H and O–H groups in total. The number of carbonyl (C=O) groups is 2. The third-order valence-corrected chi connectivity index (χ3v) is 3.22. The van der Waals surface area contributed by atoms with Crippen LogP contribution in [-0.4, -0.2) is 35.8 Å². The molecule has 0 aliphatic carbocycles. The van der Waals surface area contributed by atoms with Gasteiger partial charge in [0.2, 0.25) is 11.8 Å². The molecule has 0 aromatic heterocycles. The van der Waals surface area contributed by atoms with Crippen molar-refractivity contribution < 1.29 is 9.59 Å². The van der Waals surface area contributed by atoms with E-state index in [-0.39, 0.29) is 12.3 Å². The van der Waals surface area contributed by atoms with Gasteiger partial charge in [-0.25, -0.2) is 0 Å². The molecule has 1 heterocycles. The molecule has 1 rings (SSSR count). The van der Waals surface area contributed by atoms with E-state index in [1.165, 1.54) is 0 Å². The number of primary amides is 1. The Morgan fingerprint density at radius 3 is 2.50 bits per heavy atom. The Morgan fingerprint density at radius 1 is 1.44 bits per heavy atom. The van der Waals surface area contributed by atoms with Crippen LogP contribution in [0.2, 0.25) is 0 Å². The van der Waals surface area contributed by atoms with E-state index in [2.05, 4.69) is 13.8 Å². The van der Waals surface area contributed by atoms with Gasteiger partial charge in [-0.05, 0) is 18.3 Å². The number of likely N-dealkylation sites (tertiary alicyclic amines) is 1. The molecule has 1 fully saturated rings. The molecule has 0 saturated carbocycles. The van der Waals surface area contributed by atoms with Crippen LogP contribution >= 0.6 is 0 Å². The number of nitrogens with zero attached hydrogens (tertiary/aromatic N) is 1. The molecule has 16 heavy (non-hydrogen) atoms. The third kappa shape index (κ3) is 3.20. The molecule has 5 heteroatoms. The highest BCUT2D eigenvalue weighted by molar-refractivity contribution is 5.87. The van der Waals surface area contributed by atoms with E-state index in [4.69, 9.17) is 11.5 Å². The summed E-state index contributed by atoms with van der Waals surface area (Å²) >= 11 is 0. The van der Waals surface area contributed by atoms with E-state index in [1.54, 1.807) is 4.90 Å². The Hall–Kier alpha value is -1.10. The van der Waals surface area contributed by atoms with Gasteiger partial charge < -0.3 is 16.4 Å². The average Bonchev–Trinajstić information content (AvgIpc) is 2.64. The Balaban J connectivity index is 2.47. The van der Waals surface area contributed by atoms with Crippen LogP contribution < -0.4 is 11.5 Å². The minimum absolute atomic E-state index is 0.0678. The quantitative estimate of drug-likeness (QED) is 0.690. The highest BCUT2D eigenvalue weighted by atomic mass is 16.2. The van der Waals surface area contributed by atoms with Gasteiger partial charge in [-0.15, -0.1) is 0 Å². The summed E-state index contributed by atoms with van der Waals surface area (Å²) in [5, 5.41) is 0. The standard InChI is InChI=1S/C11H21N3O2/c1-7(2)8-3-4-14(6-8)11(16)9(12)5-10(13)15/h7-9H,3-6,12H2,1-2H3,(H2,13,15). The van der Waals surface area contributed by atoms with Gasteiger partial charge in [-0.2, -0.15) is 0 Å². The Bertz CT molecular complexity index is 278. The predicted octanol–water partition coefficient (Wildman–Crippen LogP) is -0.306. The van der Waals surface area contributed by atoms with Crippen molar-refractivity contribution in [3.63, 3.8) is 0 Å². The fraction of sp³-hybridized carbons (Fsp3) is 0.818. The molecule has 0 aromatic carbocycles. The lowest BCUT2D eigenvalue weighted by atomic mass is 9.95. The lowest BCUT2D eigenvalue weighted by Gasteiger charge is -2.21. The molecule has 1 aliphatic heterocycles. The molecule has 2 amide bonds. The van der Waals surface area contributed by atoms with E-state index in [9.17, 15) is 9.59 Å². The number of amides is 2. The molecule has 0 radical (unpaired) electrons. The van der Waals surface area contributed by atoms with Gasteiger partial charge in [0, 0.05) is 13.1 Å². The van der Waals surface area contributed by atoms with Gasteiger partial charge in [0.05, 0.1) is 12.5 Å². The normalized spacial score (nSPS) is 22.5. The van der Waals surface area contributed by atoms with Crippen LogP contribution in [0.15, 0.2) is 0 Å². The molecule has 0 aromatic rings. The third-order valence-electron chi connectivity index (χ3n) is 3.22. The first kappa shape index (κ1) is 13.0. The molecular formula is C11H21N3O2. The van der Waals surface area contributed by atoms with Gasteiger partial charge in [0.25, 0.3) is 0 Å². The zero-order valence-corrected chi connectivity index (χ0v) is 9.98. The van der Waals surface area contributed by atoms with Crippen LogP contribution in [0.3, 0.4) is 0 Å². The zero-order valence-electron chi connectivity index (χ0n) is 9.98. The van der Waals surface area contributed by atoms with E-state index in [0.717, 1.165) is 19.5 Å². The zero-order chi connectivity index (χ0) is 12.3. The van der Waals surface area contributed by atoms with Gasteiger partial charge in [0.15, 0.2) is 0 Å². The van der Waals surface area contributed by atoms with Crippen molar-refractivity contribution >= 4 is 11.8 Å². The van der Waals surface area contributed by atoms with Crippen molar-refractivity contribution in [2.45, 2.75) is 32.7 Å². The Morgan fingerprint density at radius 2 is 2.06 bits per heavy atom. The van der Waals surface area contributed by atoms with Gasteiger partial charge in [-0.1, -0.05) is 13.8 Å². The maximum atomic E-state index is 11.8. The van der Waals surface area contributed by atoms with Crippen molar-refractivity contribution in [3.05, 3.63) is 0 Å². The molecule has 1 aliphatic rings. The van der Waals surface area contributed by atoms with E-state index in [1.807, 2.05) is 0 Å². The largest absolute Gasteiger partial charge is 0.370 e. The molecule has 2 unspecified atom stereocenters. The molecule has 0 bridgehead atoms. The fourth-order valence-corrected chi connectivity index (χ4v) is 2.07. The maximum absolute atomic E-state index is 11.8. The summed E-state index contributed by atoms with van der Waals surface area (Å²) in [4.78, 5) is 24.3. The topological polar surface area (TPSA) is 89.4 Å². The van der Waals surface area contributed by atoms with Crippen molar-refractivity contribution in [2.24, 2.45) is 23.3 Å². The second-order valence-electron chi connectivity index (χ2n) is 4.85. The molecule has 1 saturated heterocycles. The van der Waals surface area contributed by atoms with Crippen LogP contribution in [-0.2, 0) is 9.59 Å². The summed E-state index contributed by atoms with van der Waals surface area (Å²) in [5.74, 6) is 0.442. The monoisotopic (exact) mass is 227 g/mol. The Kier molecular flexibility index (Phi) is 4.29. The Labute approximate surface area is 96.1 Å². The van der Waals surface area contributed by atoms with Crippen molar-refractivity contribution in [1.82, 2.24) is 4.90 Å². The highest BCUT2D eigenvalue weighted by Crippen LogP contribution is 2.23. The van der Waals surface area contributed by atoms with Crippen LogP contribution in [0.1, 0.15) is 26.7 Å². The van der Waals surface area contributed by atoms with Crippen LogP contribution in [0.5, 0.6) is 0 Å². The minimum Gasteiger partial charge on any atom is -0.370 e. The summed E-state index contributed by atoms with van der Waals surface area (Å²) < 4.78 is 0. The second kappa shape index (κ2) is 5.30. The van der Waals surface area contributed by atoms with E-state index >= 15 is 0 Å². The summed E-state index contributed by atoms with van der Waals surface area (Å²) in [6.07, 6.45) is 0.953. The van der Waals surface area contributed by atoms with Gasteiger partial charge >= 0.3 is 0 Å². The van der Waals surface area contributed by atoms with Gasteiger partial charge in [-0.3, -0.25) is 9.59 Å². The molecule has 0 spiro atoms. The molecule has 5 nitrogen and oxygen atoms in total. The van der Waals surface area contributed by atoms with Crippen molar-refractivity contribution in [1.29, 1.82) is 0 Å². The number of rotatable bonds is 4. The second-order valence-corrected chi connectivity index (χ2v) is 4.85. The van der Waals surface area contributed by atoms with Crippen molar-refractivity contribution in [2.75, 3.05) is 13.1 Å². The first-order chi connectivity index (χ1) is 7.41. The first-order valence-corrected chi connectivity index (χ1v) is 5.74. The lowest BCUT2D eigenvalue weighted by molar-refractivity contribution is -0.133. The maximum Gasteiger partial charge on any atom is 0.240 e. The SMILES string of the molecule is CC(C)C1CCN(C(=O)C(N)CC(N)=O)C1. The number of carbonyl (C=O) groups excluding carboxylic acids is 2. The predicted molar refractivity (Wildman–Crippen MR) is 61.3 cm³/mol. The summed E-state index contributed by atoms with van der Waals surface area (Å²) in [7, 11) is 0. The van der Waals surface area contributed by atoms with Crippen LogP contribution in [0, 0.1) is 11.8 Å².